The van der Waals surface area contributed by atoms with Crippen LogP contribution in [0.25, 0.3) is 0 Å². The van der Waals surface area contributed by atoms with Crippen LogP contribution >= 0.6 is 10.7 Å². The highest BCUT2D eigenvalue weighted by Crippen LogP contribution is 2.27. The zero-order valence-corrected chi connectivity index (χ0v) is 12.6. The second-order valence-corrected chi connectivity index (χ2v) is 7.66. The van der Waals surface area contributed by atoms with Crippen LogP contribution in [0.4, 0.5) is 0 Å². The van der Waals surface area contributed by atoms with Gasteiger partial charge >= 0.3 is 0 Å². The average molecular weight is 303 g/mol. The first-order chi connectivity index (χ1) is 8.97. The molecule has 0 aliphatic heterocycles. The number of rotatable bonds is 3. The van der Waals surface area contributed by atoms with Crippen LogP contribution in [0.2, 0.25) is 0 Å². The molecule has 0 radical (unpaired) electrons. The van der Waals surface area contributed by atoms with Crippen LogP contribution in [0, 0.1) is 6.92 Å². The van der Waals surface area contributed by atoms with Crippen LogP contribution in [0.3, 0.4) is 0 Å². The van der Waals surface area contributed by atoms with Gasteiger partial charge in [-0.15, -0.1) is 0 Å². The topological polar surface area (TPSA) is 43.4 Å². The zero-order valence-electron chi connectivity index (χ0n) is 11.1. The van der Waals surface area contributed by atoms with E-state index >= 15 is 0 Å². The molecule has 1 aliphatic carbocycles. The Morgan fingerprint density at radius 1 is 1.16 bits per heavy atom. The molecule has 1 fully saturated rings. The molecule has 1 aliphatic rings. The van der Waals surface area contributed by atoms with Gasteiger partial charge in [0, 0.05) is 10.7 Å². The number of hydrogen-bond acceptors (Lipinski definition) is 3. The van der Waals surface area contributed by atoms with E-state index in [2.05, 4.69) is 0 Å². The van der Waals surface area contributed by atoms with Gasteiger partial charge in [-0.3, -0.25) is 0 Å². The fourth-order valence-corrected chi connectivity index (χ4v) is 3.28. The van der Waals surface area contributed by atoms with Crippen molar-refractivity contribution in [3.05, 3.63) is 23.8 Å². The Morgan fingerprint density at radius 2 is 1.79 bits per heavy atom. The lowest BCUT2D eigenvalue weighted by Gasteiger charge is -2.18. The maximum atomic E-state index is 11.3. The lowest BCUT2D eigenvalue weighted by molar-refractivity contribution is 0.182. The molecule has 5 heteroatoms. The summed E-state index contributed by atoms with van der Waals surface area (Å²) in [4.78, 5) is 0.125. The third-order valence-electron chi connectivity index (χ3n) is 3.52. The van der Waals surface area contributed by atoms with Gasteiger partial charge in [-0.25, -0.2) is 8.42 Å². The first kappa shape index (κ1) is 14.7. The van der Waals surface area contributed by atoms with Crippen molar-refractivity contribution in [3.8, 4) is 5.75 Å². The third-order valence-corrected chi connectivity index (χ3v) is 4.88. The van der Waals surface area contributed by atoms with Gasteiger partial charge in [-0.1, -0.05) is 12.8 Å². The highest BCUT2D eigenvalue weighted by molar-refractivity contribution is 8.13. The van der Waals surface area contributed by atoms with Crippen LogP contribution in [0.15, 0.2) is 23.1 Å². The summed E-state index contributed by atoms with van der Waals surface area (Å²) in [6, 6.07) is 4.77. The summed E-state index contributed by atoms with van der Waals surface area (Å²) >= 11 is 0. The van der Waals surface area contributed by atoms with E-state index in [0.717, 1.165) is 24.2 Å². The molecule has 1 aromatic carbocycles. The summed E-state index contributed by atoms with van der Waals surface area (Å²) in [5.74, 6) is 0.760. The summed E-state index contributed by atoms with van der Waals surface area (Å²) in [7, 11) is 1.66. The number of hydrogen-bond donors (Lipinski definition) is 0. The van der Waals surface area contributed by atoms with Gasteiger partial charge in [-0.05, 0) is 56.4 Å². The lowest BCUT2D eigenvalue weighted by Crippen LogP contribution is -2.15. The smallest absolute Gasteiger partial charge is 0.261 e. The second-order valence-electron chi connectivity index (χ2n) is 5.10. The Morgan fingerprint density at radius 3 is 2.32 bits per heavy atom. The number of halogens is 1. The fraction of sp³-hybridized carbons (Fsp3) is 0.571. The van der Waals surface area contributed by atoms with Gasteiger partial charge in [0.05, 0.1) is 11.0 Å². The van der Waals surface area contributed by atoms with Crippen molar-refractivity contribution in [2.75, 3.05) is 0 Å². The van der Waals surface area contributed by atoms with Crippen LogP contribution in [-0.2, 0) is 9.05 Å². The van der Waals surface area contributed by atoms with Crippen molar-refractivity contribution in [1.29, 1.82) is 0 Å². The summed E-state index contributed by atoms with van der Waals surface area (Å²) in [6.07, 6.45) is 7.38. The van der Waals surface area contributed by atoms with E-state index in [1.807, 2.05) is 6.92 Å². The molecule has 1 aromatic rings. The van der Waals surface area contributed by atoms with Crippen LogP contribution in [-0.4, -0.2) is 14.5 Å². The molecule has 0 heterocycles. The Kier molecular flexibility index (Phi) is 4.74. The minimum atomic E-state index is -3.66. The summed E-state index contributed by atoms with van der Waals surface area (Å²) in [5.41, 5.74) is 0.811. The molecule has 106 valence electrons. The van der Waals surface area contributed by atoms with Crippen LogP contribution < -0.4 is 4.74 Å². The molecule has 1 saturated carbocycles. The fourth-order valence-electron chi connectivity index (χ4n) is 2.45. The molecule has 0 spiro atoms. The van der Waals surface area contributed by atoms with Crippen molar-refractivity contribution in [2.24, 2.45) is 0 Å². The van der Waals surface area contributed by atoms with Crippen molar-refractivity contribution >= 4 is 19.7 Å². The minimum Gasteiger partial charge on any atom is -0.490 e. The Labute approximate surface area is 119 Å². The standard InChI is InChI=1S/C14H19ClO3S/c1-11-10-13(19(15,16)17)8-9-14(11)18-12-6-4-2-3-5-7-12/h8-10,12H,2-7H2,1H3. The predicted molar refractivity (Wildman–Crippen MR) is 76.3 cm³/mol. The molecule has 0 saturated heterocycles. The molecule has 19 heavy (non-hydrogen) atoms. The molecular formula is C14H19ClO3S. The van der Waals surface area contributed by atoms with E-state index in [1.165, 1.54) is 31.7 Å². The summed E-state index contributed by atoms with van der Waals surface area (Å²) < 4.78 is 28.5. The quantitative estimate of drug-likeness (QED) is 0.625. The minimum absolute atomic E-state index is 0.125. The third kappa shape index (κ3) is 4.11. The highest BCUT2D eigenvalue weighted by atomic mass is 35.7. The van der Waals surface area contributed by atoms with Gasteiger partial charge < -0.3 is 4.74 Å². The number of ether oxygens (including phenoxy) is 1. The molecule has 0 aromatic heterocycles. The van der Waals surface area contributed by atoms with Gasteiger partial charge in [0.2, 0.25) is 0 Å². The molecule has 0 atom stereocenters. The summed E-state index contributed by atoms with van der Waals surface area (Å²) in [6.45, 7) is 1.84. The van der Waals surface area contributed by atoms with Crippen molar-refractivity contribution in [2.45, 2.75) is 56.4 Å². The van der Waals surface area contributed by atoms with Crippen molar-refractivity contribution < 1.29 is 13.2 Å². The molecule has 0 N–H and O–H groups in total. The molecule has 3 nitrogen and oxygen atoms in total. The zero-order chi connectivity index (χ0) is 13.9. The first-order valence-electron chi connectivity index (χ1n) is 6.69. The van der Waals surface area contributed by atoms with Crippen LogP contribution in [0.1, 0.15) is 44.1 Å². The van der Waals surface area contributed by atoms with E-state index in [9.17, 15) is 8.42 Å². The maximum absolute atomic E-state index is 11.3. The van der Waals surface area contributed by atoms with Crippen molar-refractivity contribution in [1.82, 2.24) is 0 Å². The molecule has 0 bridgehead atoms. The Hall–Kier alpha value is -0.740. The molecule has 0 unspecified atom stereocenters. The van der Waals surface area contributed by atoms with Gasteiger partial charge in [-0.2, -0.15) is 0 Å². The second kappa shape index (κ2) is 6.14. The van der Waals surface area contributed by atoms with Gasteiger partial charge in [0.25, 0.3) is 9.05 Å². The molecular weight excluding hydrogens is 284 g/mol. The average Bonchev–Trinajstić information content (AvgIpc) is 2.59. The normalized spacial score (nSPS) is 18.0. The largest absolute Gasteiger partial charge is 0.490 e. The first-order valence-corrected chi connectivity index (χ1v) is 9.00. The predicted octanol–water partition coefficient (Wildman–Crippen LogP) is 4.02. The van der Waals surface area contributed by atoms with E-state index < -0.39 is 9.05 Å². The van der Waals surface area contributed by atoms with Crippen LogP contribution in [0.5, 0.6) is 5.75 Å². The highest BCUT2D eigenvalue weighted by Gasteiger charge is 2.16. The van der Waals surface area contributed by atoms with E-state index in [1.54, 1.807) is 12.1 Å². The lowest BCUT2D eigenvalue weighted by atomic mass is 10.1. The molecule has 0 amide bonds. The SMILES string of the molecule is Cc1cc(S(=O)(=O)Cl)ccc1OC1CCCCCC1. The molecule has 2 rings (SSSR count). The number of aryl methyl sites for hydroxylation is 1. The van der Waals surface area contributed by atoms with E-state index in [-0.39, 0.29) is 11.0 Å². The summed E-state index contributed by atoms with van der Waals surface area (Å²) in [5, 5.41) is 0. The Bertz CT molecular complexity index is 532. The van der Waals surface area contributed by atoms with Gasteiger partial charge in [0.15, 0.2) is 0 Å². The van der Waals surface area contributed by atoms with E-state index in [4.69, 9.17) is 15.4 Å². The van der Waals surface area contributed by atoms with Gasteiger partial charge in [0.1, 0.15) is 5.75 Å². The number of benzene rings is 1. The Balaban J connectivity index is 2.12. The van der Waals surface area contributed by atoms with Crippen molar-refractivity contribution in [3.63, 3.8) is 0 Å². The maximum Gasteiger partial charge on any atom is 0.261 e. The van der Waals surface area contributed by atoms with E-state index in [0.29, 0.717) is 0 Å². The monoisotopic (exact) mass is 302 g/mol.